The molecule has 54 heavy (non-hydrogen) atoms. The average molecular weight is 711 g/mol. The Morgan fingerprint density at radius 1 is 0.389 bits per heavy atom. The first kappa shape index (κ1) is 33.1. The van der Waals surface area contributed by atoms with Crippen LogP contribution in [0.3, 0.4) is 0 Å². The van der Waals surface area contributed by atoms with Crippen LogP contribution in [0.15, 0.2) is 97.1 Å². The number of hydrogen-bond acceptors (Lipinski definition) is 0. The first-order valence-corrected chi connectivity index (χ1v) is 23.0. The highest BCUT2D eigenvalue weighted by molar-refractivity contribution is 5.82. The molecule has 0 aromatic heterocycles. The summed E-state index contributed by atoms with van der Waals surface area (Å²) in [6.07, 6.45) is 20.2. The minimum absolute atomic E-state index is 0.0821. The summed E-state index contributed by atoms with van der Waals surface area (Å²) in [5, 5.41) is 0. The number of rotatable bonds is 9. The summed E-state index contributed by atoms with van der Waals surface area (Å²) in [7, 11) is 0. The third kappa shape index (κ3) is 4.50. The van der Waals surface area contributed by atoms with Crippen LogP contribution in [-0.4, -0.2) is 0 Å². The van der Waals surface area contributed by atoms with Crippen molar-refractivity contribution in [2.75, 3.05) is 0 Å². The molecular formula is C54H62. The summed E-state index contributed by atoms with van der Waals surface area (Å²) in [6, 6.07) is 39.0. The van der Waals surface area contributed by atoms with Gasteiger partial charge < -0.3 is 0 Å². The minimum Gasteiger partial charge on any atom is -0.0651 e. The fourth-order valence-electron chi connectivity index (χ4n) is 17.2. The quantitative estimate of drug-likeness (QED) is 0.162. The summed E-state index contributed by atoms with van der Waals surface area (Å²) in [4.78, 5) is 0. The van der Waals surface area contributed by atoms with Crippen LogP contribution in [0.25, 0.3) is 22.3 Å². The Balaban J connectivity index is 0.955. The Morgan fingerprint density at radius 3 is 1.30 bits per heavy atom. The van der Waals surface area contributed by atoms with E-state index in [0.29, 0.717) is 0 Å². The highest BCUT2D eigenvalue weighted by atomic mass is 14.6. The third-order valence-electron chi connectivity index (χ3n) is 19.1. The maximum atomic E-state index is 2.58. The van der Waals surface area contributed by atoms with E-state index in [4.69, 9.17) is 0 Å². The Morgan fingerprint density at radius 2 is 0.796 bits per heavy atom. The van der Waals surface area contributed by atoms with Gasteiger partial charge in [0.2, 0.25) is 0 Å². The zero-order valence-corrected chi connectivity index (χ0v) is 33.1. The zero-order chi connectivity index (χ0) is 35.8. The van der Waals surface area contributed by atoms with Gasteiger partial charge in [-0.05, 0) is 193 Å². The van der Waals surface area contributed by atoms with E-state index in [1.807, 2.05) is 0 Å². The molecule has 0 aliphatic heterocycles. The lowest BCUT2D eigenvalue weighted by Crippen LogP contribution is -2.36. The number of benzene rings is 4. The van der Waals surface area contributed by atoms with Crippen molar-refractivity contribution in [2.45, 2.75) is 115 Å². The van der Waals surface area contributed by atoms with Crippen LogP contribution in [0.2, 0.25) is 0 Å². The topological polar surface area (TPSA) is 0 Å². The number of fused-ring (bicyclic) bond motifs is 16. The molecule has 0 nitrogen and oxygen atoms in total. The van der Waals surface area contributed by atoms with Gasteiger partial charge in [0.1, 0.15) is 0 Å². The van der Waals surface area contributed by atoms with Crippen molar-refractivity contribution in [2.24, 2.45) is 71.0 Å². The molecule has 0 amide bonds. The van der Waals surface area contributed by atoms with Gasteiger partial charge in [-0.15, -0.1) is 0 Å². The van der Waals surface area contributed by atoms with E-state index in [-0.39, 0.29) is 10.8 Å². The molecule has 6 fully saturated rings. The van der Waals surface area contributed by atoms with Gasteiger partial charge in [-0.3, -0.25) is 0 Å². The highest BCUT2D eigenvalue weighted by Gasteiger charge is 2.59. The molecule has 12 rings (SSSR count). The van der Waals surface area contributed by atoms with E-state index >= 15 is 0 Å². The van der Waals surface area contributed by atoms with Crippen molar-refractivity contribution in [3.05, 3.63) is 119 Å². The lowest BCUT2D eigenvalue weighted by molar-refractivity contribution is 0.156. The molecule has 278 valence electrons. The van der Waals surface area contributed by atoms with Crippen LogP contribution in [0, 0.1) is 71.0 Å². The first-order valence-electron chi connectivity index (χ1n) is 23.0. The molecule has 4 aromatic carbocycles. The lowest BCUT2D eigenvalue weighted by Gasteiger charge is -2.43. The maximum absolute atomic E-state index is 2.58. The standard InChI is InChI=1S/C54H62/c1-3-33-23-43-37-28-38(46(30-37)47(43)24-33)32-54(51-19-11-7-15-41(51)42-16-8-12-20-52(42)54)22-21-53(49-17-9-5-13-39(49)40-14-6-10-18-50(40)53)31-34-25-44-36-27-35(4-2)45(29-36)48(44)26-34/h5-20,33-38,43-48H,3-4,21-32H2,1-2H3. The predicted octanol–water partition coefficient (Wildman–Crippen LogP) is 13.9. The Bertz CT molecular complexity index is 1990. The van der Waals surface area contributed by atoms with E-state index in [9.17, 15) is 0 Å². The molecule has 8 aliphatic carbocycles. The van der Waals surface area contributed by atoms with Gasteiger partial charge in [-0.25, -0.2) is 0 Å². The van der Waals surface area contributed by atoms with Crippen LogP contribution in [0.5, 0.6) is 0 Å². The van der Waals surface area contributed by atoms with Gasteiger partial charge in [0.25, 0.3) is 0 Å². The molecule has 0 heterocycles. The van der Waals surface area contributed by atoms with E-state index in [1.165, 1.54) is 106 Å². The molecule has 12 atom stereocenters. The summed E-state index contributed by atoms with van der Waals surface area (Å²) in [5.74, 6) is 11.8. The van der Waals surface area contributed by atoms with E-state index in [1.54, 1.807) is 28.7 Å². The van der Waals surface area contributed by atoms with Crippen molar-refractivity contribution < 1.29 is 0 Å². The normalized spacial score (nSPS) is 37.6. The van der Waals surface area contributed by atoms with Crippen molar-refractivity contribution >= 4 is 0 Å². The van der Waals surface area contributed by atoms with Crippen molar-refractivity contribution in [3.63, 3.8) is 0 Å². The highest BCUT2D eigenvalue weighted by Crippen LogP contribution is 2.68. The van der Waals surface area contributed by atoms with Crippen molar-refractivity contribution in [3.8, 4) is 22.3 Å². The molecule has 0 radical (unpaired) electrons. The van der Waals surface area contributed by atoms with Crippen LogP contribution < -0.4 is 0 Å². The first-order chi connectivity index (χ1) is 26.6. The van der Waals surface area contributed by atoms with Crippen LogP contribution in [0.1, 0.15) is 126 Å². The molecule has 4 bridgehead atoms. The van der Waals surface area contributed by atoms with Crippen molar-refractivity contribution in [1.29, 1.82) is 0 Å². The lowest BCUT2D eigenvalue weighted by atomic mass is 9.60. The van der Waals surface area contributed by atoms with E-state index < -0.39 is 0 Å². The molecule has 6 saturated carbocycles. The number of hydrogen-bond donors (Lipinski definition) is 0. The van der Waals surface area contributed by atoms with Gasteiger partial charge in [-0.1, -0.05) is 124 Å². The second kappa shape index (κ2) is 12.2. The van der Waals surface area contributed by atoms with Gasteiger partial charge >= 0.3 is 0 Å². The molecule has 0 N–H and O–H groups in total. The third-order valence-corrected chi connectivity index (χ3v) is 19.1. The van der Waals surface area contributed by atoms with Crippen LogP contribution in [0.4, 0.5) is 0 Å². The minimum atomic E-state index is 0.0821. The van der Waals surface area contributed by atoms with E-state index in [2.05, 4.69) is 111 Å². The Kier molecular flexibility index (Phi) is 7.46. The molecule has 12 unspecified atom stereocenters. The van der Waals surface area contributed by atoms with Gasteiger partial charge in [0, 0.05) is 10.8 Å². The fourth-order valence-corrected chi connectivity index (χ4v) is 17.2. The second-order valence-corrected chi connectivity index (χ2v) is 20.7. The van der Waals surface area contributed by atoms with E-state index in [0.717, 1.165) is 71.0 Å². The van der Waals surface area contributed by atoms with Crippen LogP contribution in [-0.2, 0) is 10.8 Å². The Labute approximate surface area is 326 Å². The molecule has 0 heteroatoms. The summed E-state index contributed by atoms with van der Waals surface area (Å²) < 4.78 is 0. The fraction of sp³-hybridized carbons (Fsp3) is 0.556. The predicted molar refractivity (Wildman–Crippen MR) is 223 cm³/mol. The molecule has 8 aliphatic rings. The van der Waals surface area contributed by atoms with Gasteiger partial charge in [0.05, 0.1) is 0 Å². The van der Waals surface area contributed by atoms with Gasteiger partial charge in [-0.2, -0.15) is 0 Å². The molecule has 0 spiro atoms. The molecule has 4 aromatic rings. The summed E-state index contributed by atoms with van der Waals surface area (Å²) in [5.41, 5.74) is 12.9. The molecule has 0 saturated heterocycles. The van der Waals surface area contributed by atoms with Gasteiger partial charge in [0.15, 0.2) is 0 Å². The Hall–Kier alpha value is -3.12. The SMILES string of the molecule is CCC1CC2C3CC(CC4(CCC5(CC6CC7C8CC(CC)C(C8)C7C6)c6ccccc6-c6ccccc65)c5ccccc5-c5ccccc54)C(C3)C2C1. The van der Waals surface area contributed by atoms with Crippen molar-refractivity contribution in [1.82, 2.24) is 0 Å². The summed E-state index contributed by atoms with van der Waals surface area (Å²) in [6.45, 7) is 4.94. The zero-order valence-electron chi connectivity index (χ0n) is 33.1. The molecular weight excluding hydrogens is 649 g/mol. The summed E-state index contributed by atoms with van der Waals surface area (Å²) >= 11 is 0. The largest absolute Gasteiger partial charge is 0.0651 e. The smallest absolute Gasteiger partial charge is 0.0218 e. The average Bonchev–Trinajstić information content (AvgIpc) is 4.09. The second-order valence-electron chi connectivity index (χ2n) is 20.7. The monoisotopic (exact) mass is 710 g/mol. The van der Waals surface area contributed by atoms with Crippen LogP contribution >= 0.6 is 0 Å². The maximum Gasteiger partial charge on any atom is 0.0218 e.